The highest BCUT2D eigenvalue weighted by Crippen LogP contribution is 2.01. The van der Waals surface area contributed by atoms with Gasteiger partial charge in [-0.25, -0.2) is 0 Å². The highest BCUT2D eigenvalue weighted by atomic mass is 15.4. The van der Waals surface area contributed by atoms with Crippen LogP contribution in [-0.2, 0) is 0 Å². The Morgan fingerprint density at radius 3 is 3.20 bits per heavy atom. The lowest BCUT2D eigenvalue weighted by atomic mass is 10.3. The molecule has 0 bridgehead atoms. The molecule has 0 radical (unpaired) electrons. The Balaban J connectivity index is 2.86. The minimum absolute atomic E-state index is 1.04. The molecule has 10 heavy (non-hydrogen) atoms. The summed E-state index contributed by atoms with van der Waals surface area (Å²) < 4.78 is 1.60. The molecule has 0 atom stereocenters. The molecule has 0 amide bonds. The average molecular weight is 133 g/mol. The minimum atomic E-state index is 1.04. The van der Waals surface area contributed by atoms with E-state index in [4.69, 9.17) is 0 Å². The smallest absolute Gasteiger partial charge is 0.0875 e. The molecule has 2 rings (SSSR count). The zero-order valence-corrected chi connectivity index (χ0v) is 5.65. The van der Waals surface area contributed by atoms with Crippen molar-refractivity contribution in [2.45, 2.75) is 6.92 Å². The third-order valence-corrected chi connectivity index (χ3v) is 1.40. The van der Waals surface area contributed by atoms with Gasteiger partial charge >= 0.3 is 0 Å². The molecule has 2 heterocycles. The lowest BCUT2D eigenvalue weighted by Gasteiger charge is -1.91. The first-order chi connectivity index (χ1) is 4.86. The Morgan fingerprint density at radius 1 is 1.40 bits per heavy atom. The first-order valence-electron chi connectivity index (χ1n) is 3.13. The van der Waals surface area contributed by atoms with E-state index in [-0.39, 0.29) is 0 Å². The second kappa shape index (κ2) is 1.80. The van der Waals surface area contributed by atoms with Gasteiger partial charge in [0.25, 0.3) is 0 Å². The van der Waals surface area contributed by atoms with Crippen LogP contribution in [0, 0.1) is 6.92 Å². The number of nitrogens with zero attached hydrogens (tertiary/aromatic N) is 3. The van der Waals surface area contributed by atoms with Gasteiger partial charge in [-0.3, -0.25) is 0 Å². The van der Waals surface area contributed by atoms with Gasteiger partial charge in [0, 0.05) is 0 Å². The Bertz CT molecular complexity index is 350. The predicted octanol–water partition coefficient (Wildman–Crippen LogP) is 1.04. The van der Waals surface area contributed by atoms with Crippen molar-refractivity contribution >= 4 is 5.52 Å². The van der Waals surface area contributed by atoms with Crippen molar-refractivity contribution in [1.29, 1.82) is 0 Å². The van der Waals surface area contributed by atoms with Gasteiger partial charge in [-0.1, -0.05) is 0 Å². The summed E-state index contributed by atoms with van der Waals surface area (Å²) >= 11 is 0. The molecule has 0 aliphatic carbocycles. The van der Waals surface area contributed by atoms with Gasteiger partial charge in [-0.15, -0.1) is 0 Å². The maximum absolute atomic E-state index is 4.05. The van der Waals surface area contributed by atoms with Crippen molar-refractivity contribution < 1.29 is 0 Å². The maximum Gasteiger partial charge on any atom is 0.0875 e. The topological polar surface area (TPSA) is 30.2 Å². The molecule has 2 aromatic rings. The van der Waals surface area contributed by atoms with Crippen molar-refractivity contribution in [3.8, 4) is 0 Å². The number of fused-ring (bicyclic) bond motifs is 1. The summed E-state index contributed by atoms with van der Waals surface area (Å²) in [5.74, 6) is 0. The molecule has 0 aliphatic heterocycles. The molecule has 2 aromatic heterocycles. The summed E-state index contributed by atoms with van der Waals surface area (Å²) in [6.07, 6.45) is 3.53. The molecule has 0 fully saturated rings. The van der Waals surface area contributed by atoms with E-state index in [2.05, 4.69) is 10.2 Å². The van der Waals surface area contributed by atoms with E-state index in [0.717, 1.165) is 11.1 Å². The van der Waals surface area contributed by atoms with Gasteiger partial charge < -0.3 is 0 Å². The van der Waals surface area contributed by atoms with E-state index in [9.17, 15) is 0 Å². The van der Waals surface area contributed by atoms with E-state index in [1.807, 2.05) is 19.1 Å². The molecular weight excluding hydrogens is 126 g/mol. The quantitative estimate of drug-likeness (QED) is 0.537. The van der Waals surface area contributed by atoms with E-state index in [0.29, 0.717) is 0 Å². The molecule has 0 aromatic carbocycles. The lowest BCUT2D eigenvalue weighted by Crippen LogP contribution is -1.91. The monoisotopic (exact) mass is 133 g/mol. The van der Waals surface area contributed by atoms with Crippen molar-refractivity contribution in [1.82, 2.24) is 14.8 Å². The Hall–Kier alpha value is -1.38. The SMILES string of the molecule is Cc1cnn2nccc2c1. The van der Waals surface area contributed by atoms with Crippen LogP contribution >= 0.6 is 0 Å². The van der Waals surface area contributed by atoms with Gasteiger partial charge in [0.15, 0.2) is 0 Å². The third kappa shape index (κ3) is 0.673. The number of rotatable bonds is 0. The molecular formula is C7H7N3. The highest BCUT2D eigenvalue weighted by Gasteiger charge is 1.91. The zero-order chi connectivity index (χ0) is 6.97. The van der Waals surface area contributed by atoms with Crippen LogP contribution in [0.3, 0.4) is 0 Å². The van der Waals surface area contributed by atoms with Crippen LogP contribution in [0.4, 0.5) is 0 Å². The normalized spacial score (nSPS) is 10.5. The third-order valence-electron chi connectivity index (χ3n) is 1.40. The van der Waals surface area contributed by atoms with Crippen molar-refractivity contribution in [3.05, 3.63) is 30.1 Å². The number of hydrogen-bond acceptors (Lipinski definition) is 2. The summed E-state index contributed by atoms with van der Waals surface area (Å²) in [6.45, 7) is 2.01. The number of hydrogen-bond donors (Lipinski definition) is 0. The van der Waals surface area contributed by atoms with E-state index >= 15 is 0 Å². The van der Waals surface area contributed by atoms with E-state index in [1.54, 1.807) is 17.0 Å². The maximum atomic E-state index is 4.05. The molecule has 3 heteroatoms. The van der Waals surface area contributed by atoms with Gasteiger partial charge in [0.05, 0.1) is 17.9 Å². The lowest BCUT2D eigenvalue weighted by molar-refractivity contribution is 0.796. The van der Waals surface area contributed by atoms with Crippen LogP contribution in [0.1, 0.15) is 5.56 Å². The average Bonchev–Trinajstić information content (AvgIpc) is 2.33. The van der Waals surface area contributed by atoms with Crippen LogP contribution in [0.5, 0.6) is 0 Å². The summed E-state index contributed by atoms with van der Waals surface area (Å²) in [6, 6.07) is 3.97. The van der Waals surface area contributed by atoms with E-state index in [1.165, 1.54) is 0 Å². The fourth-order valence-corrected chi connectivity index (χ4v) is 0.925. The van der Waals surface area contributed by atoms with Crippen LogP contribution in [0.25, 0.3) is 5.52 Å². The second-order valence-electron chi connectivity index (χ2n) is 2.28. The zero-order valence-electron chi connectivity index (χ0n) is 5.65. The first-order valence-corrected chi connectivity index (χ1v) is 3.13. The van der Waals surface area contributed by atoms with Crippen LogP contribution in [-0.4, -0.2) is 14.8 Å². The molecule has 50 valence electrons. The van der Waals surface area contributed by atoms with Gasteiger partial charge in [-0.05, 0) is 24.6 Å². The van der Waals surface area contributed by atoms with Crippen molar-refractivity contribution in [2.75, 3.05) is 0 Å². The first kappa shape index (κ1) is 5.41. The Kier molecular flexibility index (Phi) is 0.974. The fourth-order valence-electron chi connectivity index (χ4n) is 0.925. The summed E-state index contributed by atoms with van der Waals surface area (Å²) in [5.41, 5.74) is 2.20. The number of aromatic nitrogens is 3. The minimum Gasteiger partial charge on any atom is -0.159 e. The largest absolute Gasteiger partial charge is 0.159 e. The molecule has 0 saturated carbocycles. The second-order valence-corrected chi connectivity index (χ2v) is 2.28. The highest BCUT2D eigenvalue weighted by molar-refractivity contribution is 5.45. The Labute approximate surface area is 58.3 Å². The van der Waals surface area contributed by atoms with Crippen LogP contribution in [0.15, 0.2) is 24.5 Å². The van der Waals surface area contributed by atoms with Gasteiger partial charge in [0.1, 0.15) is 0 Å². The van der Waals surface area contributed by atoms with Crippen molar-refractivity contribution in [3.63, 3.8) is 0 Å². The van der Waals surface area contributed by atoms with Crippen LogP contribution in [0.2, 0.25) is 0 Å². The van der Waals surface area contributed by atoms with Crippen LogP contribution < -0.4 is 0 Å². The molecule has 0 unspecified atom stereocenters. The molecule has 0 spiro atoms. The summed E-state index contributed by atoms with van der Waals surface area (Å²) in [5, 5.41) is 8.01. The van der Waals surface area contributed by atoms with E-state index < -0.39 is 0 Å². The molecule has 0 saturated heterocycles. The fraction of sp³-hybridized carbons (Fsp3) is 0.143. The van der Waals surface area contributed by atoms with Crippen molar-refractivity contribution in [2.24, 2.45) is 0 Å². The molecule has 3 nitrogen and oxygen atoms in total. The summed E-state index contributed by atoms with van der Waals surface area (Å²) in [4.78, 5) is 0. The predicted molar refractivity (Wildman–Crippen MR) is 37.7 cm³/mol. The van der Waals surface area contributed by atoms with Gasteiger partial charge in [-0.2, -0.15) is 14.8 Å². The molecule has 0 aliphatic rings. The number of aryl methyl sites for hydroxylation is 1. The van der Waals surface area contributed by atoms with Gasteiger partial charge in [0.2, 0.25) is 0 Å². The summed E-state index contributed by atoms with van der Waals surface area (Å²) in [7, 11) is 0. The Morgan fingerprint density at radius 2 is 2.30 bits per heavy atom. The molecule has 0 N–H and O–H groups in total. The standard InChI is InChI=1S/C7H7N3/c1-6-4-7-2-3-8-10(7)9-5-6/h2-5H,1H3.